The van der Waals surface area contributed by atoms with Crippen LogP contribution in [0.15, 0.2) is 29.9 Å². The lowest BCUT2D eigenvalue weighted by atomic mass is 9.93. The molecule has 0 bridgehead atoms. The third-order valence-electron chi connectivity index (χ3n) is 3.91. The zero-order valence-electron chi connectivity index (χ0n) is 14.5. The minimum atomic E-state index is -0.0224. The van der Waals surface area contributed by atoms with Gasteiger partial charge in [0, 0.05) is 23.2 Å². The van der Waals surface area contributed by atoms with Gasteiger partial charge in [-0.3, -0.25) is 4.79 Å². The molecule has 1 N–H and O–H groups in total. The number of nitrogens with one attached hydrogen (secondary N) is 1. The molecule has 0 saturated carbocycles. The number of imidazole rings is 1. The average Bonchev–Trinajstić information content (AvgIpc) is 3.13. The van der Waals surface area contributed by atoms with Crippen molar-refractivity contribution >= 4 is 22.9 Å². The number of fused-ring (bicyclic) bond motifs is 1. The monoisotopic (exact) mass is 342 g/mol. The number of nitrogens with zero attached hydrogens (tertiary/aromatic N) is 3. The van der Waals surface area contributed by atoms with Gasteiger partial charge in [-0.15, -0.1) is 11.3 Å². The molecule has 3 aromatic heterocycles. The molecule has 0 saturated heterocycles. The summed E-state index contributed by atoms with van der Waals surface area (Å²) < 4.78 is 1.97. The molecule has 0 radical (unpaired) electrons. The van der Waals surface area contributed by atoms with Crippen LogP contribution in [-0.4, -0.2) is 20.3 Å². The lowest BCUT2D eigenvalue weighted by Crippen LogP contribution is -2.25. The number of hydrogen-bond donors (Lipinski definition) is 1. The molecule has 6 heteroatoms. The van der Waals surface area contributed by atoms with Gasteiger partial charge >= 0.3 is 0 Å². The van der Waals surface area contributed by atoms with E-state index in [-0.39, 0.29) is 11.3 Å². The third kappa shape index (κ3) is 3.48. The van der Waals surface area contributed by atoms with E-state index in [4.69, 9.17) is 0 Å². The van der Waals surface area contributed by atoms with Crippen LogP contribution in [-0.2, 0) is 23.2 Å². The predicted octanol–water partition coefficient (Wildman–Crippen LogP) is 3.26. The summed E-state index contributed by atoms with van der Waals surface area (Å²) in [4.78, 5) is 21.2. The average molecular weight is 342 g/mol. The molecule has 0 fully saturated rings. The zero-order valence-corrected chi connectivity index (χ0v) is 15.3. The van der Waals surface area contributed by atoms with Crippen LogP contribution in [0.4, 0.5) is 0 Å². The van der Waals surface area contributed by atoms with Crippen molar-refractivity contribution in [2.45, 2.75) is 46.1 Å². The molecule has 0 aliphatic carbocycles. The molecular weight excluding hydrogens is 320 g/mol. The fourth-order valence-corrected chi connectivity index (χ4v) is 3.43. The van der Waals surface area contributed by atoms with Crippen molar-refractivity contribution in [3.63, 3.8) is 0 Å². The highest BCUT2D eigenvalue weighted by molar-refractivity contribution is 7.09. The van der Waals surface area contributed by atoms with Crippen LogP contribution >= 0.6 is 11.3 Å². The Kier molecular flexibility index (Phi) is 4.41. The second kappa shape index (κ2) is 6.36. The van der Waals surface area contributed by atoms with Crippen LogP contribution in [0.2, 0.25) is 0 Å². The first-order chi connectivity index (χ1) is 11.3. The van der Waals surface area contributed by atoms with E-state index >= 15 is 0 Å². The van der Waals surface area contributed by atoms with E-state index in [1.807, 2.05) is 29.7 Å². The maximum absolute atomic E-state index is 12.2. The molecule has 1 amide bonds. The predicted molar refractivity (Wildman–Crippen MR) is 96.3 cm³/mol. The van der Waals surface area contributed by atoms with Gasteiger partial charge in [-0.25, -0.2) is 9.97 Å². The topological polar surface area (TPSA) is 59.3 Å². The van der Waals surface area contributed by atoms with Crippen LogP contribution in [0.1, 0.15) is 42.7 Å². The van der Waals surface area contributed by atoms with E-state index in [2.05, 4.69) is 41.4 Å². The Bertz CT molecular complexity index is 873. The SMILES string of the molecule is Cc1cccn2c(CC(=O)NCc3nc(C(C)(C)C)cs3)cnc12. The maximum atomic E-state index is 12.2. The molecule has 126 valence electrons. The van der Waals surface area contributed by atoms with E-state index in [1.165, 1.54) is 0 Å². The Labute approximate surface area is 145 Å². The number of aryl methyl sites for hydroxylation is 1. The normalized spacial score (nSPS) is 11.8. The van der Waals surface area contributed by atoms with Crippen molar-refractivity contribution in [2.75, 3.05) is 0 Å². The quantitative estimate of drug-likeness (QED) is 0.792. The Morgan fingerprint density at radius 1 is 1.38 bits per heavy atom. The van der Waals surface area contributed by atoms with Crippen molar-refractivity contribution in [2.24, 2.45) is 0 Å². The molecule has 5 nitrogen and oxygen atoms in total. The third-order valence-corrected chi connectivity index (χ3v) is 4.75. The molecule has 0 atom stereocenters. The van der Waals surface area contributed by atoms with Crippen molar-refractivity contribution < 1.29 is 4.79 Å². The molecule has 0 unspecified atom stereocenters. The van der Waals surface area contributed by atoms with E-state index in [0.717, 1.165) is 27.6 Å². The molecular formula is C18H22N4OS. The summed E-state index contributed by atoms with van der Waals surface area (Å²) in [7, 11) is 0. The molecule has 3 aromatic rings. The van der Waals surface area contributed by atoms with Crippen molar-refractivity contribution in [3.8, 4) is 0 Å². The van der Waals surface area contributed by atoms with Crippen LogP contribution in [0.25, 0.3) is 5.65 Å². The van der Waals surface area contributed by atoms with Crippen LogP contribution < -0.4 is 5.32 Å². The van der Waals surface area contributed by atoms with Gasteiger partial charge in [0.15, 0.2) is 0 Å². The summed E-state index contributed by atoms with van der Waals surface area (Å²) >= 11 is 1.59. The number of carbonyl (C=O) groups excluding carboxylic acids is 1. The first kappa shape index (κ1) is 16.6. The number of hydrogen-bond acceptors (Lipinski definition) is 4. The van der Waals surface area contributed by atoms with Crippen molar-refractivity contribution in [1.29, 1.82) is 0 Å². The summed E-state index contributed by atoms with van der Waals surface area (Å²) in [6, 6.07) is 3.98. The van der Waals surface area contributed by atoms with Gasteiger partial charge in [0.2, 0.25) is 5.91 Å². The second-order valence-corrected chi connectivity index (χ2v) is 7.91. The maximum Gasteiger partial charge on any atom is 0.226 e. The van der Waals surface area contributed by atoms with E-state index < -0.39 is 0 Å². The highest BCUT2D eigenvalue weighted by atomic mass is 32.1. The standard InChI is InChI=1S/C18H22N4OS/c1-12-6-5-7-22-13(9-20-17(12)22)8-15(23)19-10-16-21-14(11-24-16)18(2,3)4/h5-7,9,11H,8,10H2,1-4H3,(H,19,23). The molecule has 0 aliphatic rings. The van der Waals surface area contributed by atoms with Gasteiger partial charge < -0.3 is 9.72 Å². The lowest BCUT2D eigenvalue weighted by Gasteiger charge is -2.14. The summed E-state index contributed by atoms with van der Waals surface area (Å²) in [5, 5.41) is 5.95. The first-order valence-electron chi connectivity index (χ1n) is 7.98. The Morgan fingerprint density at radius 2 is 2.17 bits per heavy atom. The molecule has 24 heavy (non-hydrogen) atoms. The first-order valence-corrected chi connectivity index (χ1v) is 8.85. The smallest absolute Gasteiger partial charge is 0.226 e. The minimum absolute atomic E-state index is 0.0224. The van der Waals surface area contributed by atoms with Gasteiger partial charge in [-0.1, -0.05) is 26.8 Å². The van der Waals surface area contributed by atoms with E-state index in [0.29, 0.717) is 13.0 Å². The molecule has 0 aromatic carbocycles. The zero-order chi connectivity index (χ0) is 17.3. The van der Waals surface area contributed by atoms with Gasteiger partial charge in [0.25, 0.3) is 0 Å². The largest absolute Gasteiger partial charge is 0.349 e. The fourth-order valence-electron chi connectivity index (χ4n) is 2.47. The summed E-state index contributed by atoms with van der Waals surface area (Å²) in [6.07, 6.45) is 4.01. The van der Waals surface area contributed by atoms with Crippen molar-refractivity contribution in [1.82, 2.24) is 19.7 Å². The van der Waals surface area contributed by atoms with Gasteiger partial charge in [-0.2, -0.15) is 0 Å². The molecule has 3 heterocycles. The number of aromatic nitrogens is 3. The fraction of sp³-hybridized carbons (Fsp3) is 0.389. The van der Waals surface area contributed by atoms with E-state index in [1.54, 1.807) is 17.5 Å². The summed E-state index contributed by atoms with van der Waals surface area (Å²) in [5.41, 5.74) is 3.99. The number of rotatable bonds is 4. The molecule has 0 aliphatic heterocycles. The number of amides is 1. The van der Waals surface area contributed by atoms with Crippen LogP contribution in [0, 0.1) is 6.92 Å². The van der Waals surface area contributed by atoms with E-state index in [9.17, 15) is 4.79 Å². The Hall–Kier alpha value is -2.21. The van der Waals surface area contributed by atoms with Crippen LogP contribution in [0.3, 0.4) is 0 Å². The summed E-state index contributed by atoms with van der Waals surface area (Å²) in [6.45, 7) is 8.89. The Balaban J connectivity index is 1.63. The van der Waals surface area contributed by atoms with Gasteiger partial charge in [-0.05, 0) is 18.6 Å². The highest BCUT2D eigenvalue weighted by Gasteiger charge is 2.17. The molecule has 3 rings (SSSR count). The summed E-state index contributed by atoms with van der Waals surface area (Å²) in [5.74, 6) is -0.0224. The van der Waals surface area contributed by atoms with Crippen molar-refractivity contribution in [3.05, 3.63) is 51.9 Å². The Morgan fingerprint density at radius 3 is 2.88 bits per heavy atom. The number of pyridine rings is 1. The highest BCUT2D eigenvalue weighted by Crippen LogP contribution is 2.23. The van der Waals surface area contributed by atoms with Gasteiger partial charge in [0.1, 0.15) is 10.7 Å². The molecule has 0 spiro atoms. The number of thiazole rings is 1. The van der Waals surface area contributed by atoms with Gasteiger partial charge in [0.05, 0.1) is 24.4 Å². The number of carbonyl (C=O) groups is 1. The lowest BCUT2D eigenvalue weighted by molar-refractivity contribution is -0.120. The minimum Gasteiger partial charge on any atom is -0.349 e. The second-order valence-electron chi connectivity index (χ2n) is 6.96. The van der Waals surface area contributed by atoms with Crippen LogP contribution in [0.5, 0.6) is 0 Å².